The molecule has 1 heterocycles. The van der Waals surface area contributed by atoms with E-state index in [1.165, 1.54) is 0 Å². The van der Waals surface area contributed by atoms with Crippen molar-refractivity contribution in [2.75, 3.05) is 5.32 Å². The van der Waals surface area contributed by atoms with Crippen molar-refractivity contribution in [3.8, 4) is 0 Å². The average molecular weight is 248 g/mol. The van der Waals surface area contributed by atoms with E-state index >= 15 is 0 Å². The summed E-state index contributed by atoms with van der Waals surface area (Å²) in [7, 11) is 0. The first-order valence-electron chi connectivity index (χ1n) is 5.19. The number of amides is 1. The number of carbonyl (C=O) groups excluding carboxylic acids is 1. The number of thiocarbonyl (C=S) groups is 1. The van der Waals surface area contributed by atoms with Gasteiger partial charge in [0, 0.05) is 5.56 Å². The lowest BCUT2D eigenvalue weighted by molar-refractivity contribution is -0.110. The van der Waals surface area contributed by atoms with Gasteiger partial charge in [-0.15, -0.1) is 0 Å². The maximum Gasteiger partial charge on any atom is 0.276 e. The van der Waals surface area contributed by atoms with Gasteiger partial charge in [0.25, 0.3) is 5.91 Å². The summed E-state index contributed by atoms with van der Waals surface area (Å²) in [6.45, 7) is 2.05. The molecule has 88 valence electrons. The van der Waals surface area contributed by atoms with E-state index < -0.39 is 0 Å². The van der Waals surface area contributed by atoms with Crippen LogP contribution in [0.25, 0.3) is 0 Å². The summed E-state index contributed by atoms with van der Waals surface area (Å²) in [5, 5.41) is 6.67. The topological polar surface area (TPSA) is 79.5 Å². The Morgan fingerprint density at radius 2 is 2.35 bits per heavy atom. The lowest BCUT2D eigenvalue weighted by Crippen LogP contribution is -2.27. The van der Waals surface area contributed by atoms with Gasteiger partial charge in [-0.1, -0.05) is 13.0 Å². The highest BCUT2D eigenvalue weighted by atomic mass is 32.1. The third kappa shape index (κ3) is 2.26. The average Bonchev–Trinajstić information content (AvgIpc) is 2.61. The minimum Gasteiger partial charge on any atom is -0.375 e. The van der Waals surface area contributed by atoms with Crippen LogP contribution < -0.4 is 16.5 Å². The second kappa shape index (κ2) is 4.50. The van der Waals surface area contributed by atoms with Gasteiger partial charge >= 0.3 is 0 Å². The summed E-state index contributed by atoms with van der Waals surface area (Å²) >= 11 is 4.64. The van der Waals surface area contributed by atoms with Crippen molar-refractivity contribution in [1.29, 1.82) is 0 Å². The van der Waals surface area contributed by atoms with Gasteiger partial charge < -0.3 is 11.1 Å². The summed E-state index contributed by atoms with van der Waals surface area (Å²) in [6, 6.07) is 5.78. The maximum absolute atomic E-state index is 11.7. The minimum absolute atomic E-state index is 0.0328. The summed E-state index contributed by atoms with van der Waals surface area (Å²) in [6.07, 6.45) is 0.900. The van der Waals surface area contributed by atoms with Crippen molar-refractivity contribution >= 4 is 34.6 Å². The molecule has 0 aliphatic carbocycles. The molecular weight excluding hydrogens is 236 g/mol. The van der Waals surface area contributed by atoms with Gasteiger partial charge in [-0.05, 0) is 36.3 Å². The Labute approximate surface area is 104 Å². The Bertz CT molecular complexity index is 524. The number of carbonyl (C=O) groups is 1. The lowest BCUT2D eigenvalue weighted by atomic mass is 10.1. The van der Waals surface area contributed by atoms with Gasteiger partial charge in [0.15, 0.2) is 10.8 Å². The van der Waals surface area contributed by atoms with Crippen molar-refractivity contribution in [2.45, 2.75) is 13.3 Å². The van der Waals surface area contributed by atoms with Crippen LogP contribution in [0.15, 0.2) is 23.3 Å². The Morgan fingerprint density at radius 1 is 1.59 bits per heavy atom. The number of hydrogen-bond acceptors (Lipinski definition) is 3. The normalized spacial score (nSPS) is 15.6. The number of hydrazone groups is 1. The van der Waals surface area contributed by atoms with Gasteiger partial charge in [-0.3, -0.25) is 10.2 Å². The molecule has 5 nitrogen and oxygen atoms in total. The fraction of sp³-hybridized carbons (Fsp3) is 0.182. The first-order valence-corrected chi connectivity index (χ1v) is 5.60. The number of anilines is 1. The molecule has 0 bridgehead atoms. The Morgan fingerprint density at radius 3 is 3.00 bits per heavy atom. The van der Waals surface area contributed by atoms with Crippen LogP contribution in [0.1, 0.15) is 18.1 Å². The number of benzene rings is 1. The summed E-state index contributed by atoms with van der Waals surface area (Å²) in [5.74, 6) is -0.253. The SMILES string of the molecule is CCc1ccc2c(c1)/C(=N\NC(N)=S)C(=O)N2. The van der Waals surface area contributed by atoms with Crippen molar-refractivity contribution in [3.05, 3.63) is 29.3 Å². The van der Waals surface area contributed by atoms with E-state index in [1.54, 1.807) is 0 Å². The Balaban J connectivity index is 2.41. The van der Waals surface area contributed by atoms with Crippen molar-refractivity contribution in [1.82, 2.24) is 5.43 Å². The summed E-state index contributed by atoms with van der Waals surface area (Å²) in [4.78, 5) is 11.7. The second-order valence-corrected chi connectivity index (χ2v) is 4.06. The van der Waals surface area contributed by atoms with E-state index in [2.05, 4.69) is 35.0 Å². The minimum atomic E-state index is -0.253. The maximum atomic E-state index is 11.7. The Hall–Kier alpha value is -1.95. The highest BCUT2D eigenvalue weighted by Gasteiger charge is 2.26. The highest BCUT2D eigenvalue weighted by molar-refractivity contribution is 7.80. The van der Waals surface area contributed by atoms with E-state index in [1.807, 2.05) is 18.2 Å². The zero-order valence-electron chi connectivity index (χ0n) is 9.28. The van der Waals surface area contributed by atoms with Crippen LogP contribution in [0.5, 0.6) is 0 Å². The number of rotatable bonds is 2. The van der Waals surface area contributed by atoms with Gasteiger partial charge in [0.05, 0.1) is 5.69 Å². The predicted octanol–water partition coefficient (Wildman–Crippen LogP) is 0.738. The van der Waals surface area contributed by atoms with Crippen LogP contribution in [-0.4, -0.2) is 16.7 Å². The van der Waals surface area contributed by atoms with Gasteiger partial charge in [-0.25, -0.2) is 0 Å². The van der Waals surface area contributed by atoms with E-state index in [0.717, 1.165) is 23.2 Å². The number of aryl methyl sites for hydroxylation is 1. The van der Waals surface area contributed by atoms with Crippen molar-refractivity contribution < 1.29 is 4.79 Å². The fourth-order valence-corrected chi connectivity index (χ4v) is 1.69. The number of fused-ring (bicyclic) bond motifs is 1. The smallest absolute Gasteiger partial charge is 0.276 e. The predicted molar refractivity (Wildman–Crippen MR) is 70.9 cm³/mol. The van der Waals surface area contributed by atoms with Crippen molar-refractivity contribution in [2.24, 2.45) is 10.8 Å². The molecule has 1 aromatic rings. The standard InChI is InChI=1S/C11H12N4OS/c1-2-6-3-4-8-7(5-6)9(10(16)13-8)14-15-11(12)17/h3-5H,2H2,1H3,(H3,12,15,17)(H,13,14,16). The molecule has 1 aliphatic heterocycles. The van der Waals surface area contributed by atoms with Crippen LogP contribution >= 0.6 is 12.2 Å². The zero-order valence-corrected chi connectivity index (χ0v) is 10.1. The third-order valence-corrected chi connectivity index (χ3v) is 2.58. The number of nitrogens with zero attached hydrogens (tertiary/aromatic N) is 1. The number of nitrogens with one attached hydrogen (secondary N) is 2. The highest BCUT2D eigenvalue weighted by Crippen LogP contribution is 2.24. The molecule has 1 aromatic carbocycles. The molecule has 0 saturated carbocycles. The van der Waals surface area contributed by atoms with E-state index in [4.69, 9.17) is 5.73 Å². The molecule has 0 spiro atoms. The van der Waals surface area contributed by atoms with Crippen LogP contribution in [0.2, 0.25) is 0 Å². The quantitative estimate of drug-likeness (QED) is 0.532. The molecule has 0 saturated heterocycles. The first kappa shape index (κ1) is 11.5. The molecular formula is C11H12N4OS. The molecule has 2 rings (SSSR count). The molecule has 6 heteroatoms. The van der Waals surface area contributed by atoms with E-state index in [9.17, 15) is 4.79 Å². The summed E-state index contributed by atoms with van der Waals surface area (Å²) in [5.41, 5.74) is 10.7. The molecule has 0 radical (unpaired) electrons. The fourth-order valence-electron chi connectivity index (χ4n) is 1.64. The molecule has 1 amide bonds. The van der Waals surface area contributed by atoms with Crippen molar-refractivity contribution in [3.63, 3.8) is 0 Å². The molecule has 1 aliphatic rings. The zero-order chi connectivity index (χ0) is 12.4. The summed E-state index contributed by atoms with van der Waals surface area (Å²) < 4.78 is 0. The van der Waals surface area contributed by atoms with Gasteiger partial charge in [0.2, 0.25) is 0 Å². The molecule has 0 atom stereocenters. The van der Waals surface area contributed by atoms with E-state index in [0.29, 0.717) is 5.71 Å². The van der Waals surface area contributed by atoms with Crippen LogP contribution in [0.4, 0.5) is 5.69 Å². The van der Waals surface area contributed by atoms with Gasteiger partial charge in [-0.2, -0.15) is 5.10 Å². The third-order valence-electron chi connectivity index (χ3n) is 2.49. The van der Waals surface area contributed by atoms with E-state index in [-0.39, 0.29) is 11.0 Å². The first-order chi connectivity index (χ1) is 8.11. The van der Waals surface area contributed by atoms with Crippen LogP contribution in [-0.2, 0) is 11.2 Å². The largest absolute Gasteiger partial charge is 0.375 e. The molecule has 4 N–H and O–H groups in total. The molecule has 0 aromatic heterocycles. The lowest BCUT2D eigenvalue weighted by Gasteiger charge is -2.01. The van der Waals surface area contributed by atoms with Gasteiger partial charge in [0.1, 0.15) is 0 Å². The number of hydrogen-bond donors (Lipinski definition) is 3. The monoisotopic (exact) mass is 248 g/mol. The molecule has 0 fully saturated rings. The molecule has 17 heavy (non-hydrogen) atoms. The Kier molecular flexibility index (Phi) is 3.06. The number of nitrogens with two attached hydrogens (primary N) is 1. The second-order valence-electron chi connectivity index (χ2n) is 3.62. The van der Waals surface area contributed by atoms with Crippen LogP contribution in [0, 0.1) is 0 Å². The van der Waals surface area contributed by atoms with Crippen LogP contribution in [0.3, 0.4) is 0 Å². The molecule has 0 unspecified atom stereocenters.